The fourth-order valence-electron chi connectivity index (χ4n) is 1.48. The van der Waals surface area contributed by atoms with Crippen LogP contribution in [0.2, 0.25) is 0 Å². The number of hydrogen-bond donors (Lipinski definition) is 1. The molecular formula is C12H20N2O. The van der Waals surface area contributed by atoms with Gasteiger partial charge in [-0.3, -0.25) is 4.98 Å². The molecule has 2 N–H and O–H groups in total. The van der Waals surface area contributed by atoms with Gasteiger partial charge in [-0.2, -0.15) is 0 Å². The van der Waals surface area contributed by atoms with Crippen LogP contribution in [0.1, 0.15) is 19.0 Å². The standard InChI is InChI=1S/C12H20N2O/c1-10(6-8-15-2)12(13)9-11-5-3-4-7-14-11/h3-5,7,10,12H,6,8-9,13H2,1-2H3. The van der Waals surface area contributed by atoms with Crippen LogP contribution in [0, 0.1) is 5.92 Å². The summed E-state index contributed by atoms with van der Waals surface area (Å²) in [6.45, 7) is 2.93. The molecule has 0 saturated carbocycles. The van der Waals surface area contributed by atoms with Crippen molar-refractivity contribution in [1.29, 1.82) is 0 Å². The number of methoxy groups -OCH3 is 1. The molecule has 2 unspecified atom stereocenters. The van der Waals surface area contributed by atoms with Crippen molar-refractivity contribution in [2.24, 2.45) is 11.7 Å². The normalized spacial score (nSPS) is 14.9. The first kappa shape index (κ1) is 12.1. The first-order valence-corrected chi connectivity index (χ1v) is 5.38. The summed E-state index contributed by atoms with van der Waals surface area (Å²) in [6.07, 6.45) is 3.65. The molecule has 0 amide bonds. The zero-order valence-electron chi connectivity index (χ0n) is 9.52. The molecule has 0 saturated heterocycles. The Bertz CT molecular complexity index is 264. The lowest BCUT2D eigenvalue weighted by Crippen LogP contribution is -2.31. The van der Waals surface area contributed by atoms with Crippen molar-refractivity contribution in [3.63, 3.8) is 0 Å². The van der Waals surface area contributed by atoms with E-state index in [1.54, 1.807) is 7.11 Å². The summed E-state index contributed by atoms with van der Waals surface area (Å²) in [4.78, 5) is 4.27. The fraction of sp³-hybridized carbons (Fsp3) is 0.583. The number of hydrogen-bond acceptors (Lipinski definition) is 3. The molecular weight excluding hydrogens is 188 g/mol. The van der Waals surface area contributed by atoms with Crippen molar-refractivity contribution < 1.29 is 4.74 Å². The Morgan fingerprint density at radius 2 is 2.27 bits per heavy atom. The van der Waals surface area contributed by atoms with Crippen LogP contribution in [-0.2, 0) is 11.2 Å². The van der Waals surface area contributed by atoms with Gasteiger partial charge in [-0.1, -0.05) is 13.0 Å². The van der Waals surface area contributed by atoms with Crippen LogP contribution in [0.15, 0.2) is 24.4 Å². The molecule has 0 aromatic carbocycles. The molecule has 3 nitrogen and oxygen atoms in total. The highest BCUT2D eigenvalue weighted by molar-refractivity contribution is 5.05. The van der Waals surface area contributed by atoms with Crippen LogP contribution in [0.25, 0.3) is 0 Å². The van der Waals surface area contributed by atoms with Crippen molar-refractivity contribution in [3.8, 4) is 0 Å². The highest BCUT2D eigenvalue weighted by Crippen LogP contribution is 2.10. The molecule has 1 aromatic rings. The van der Waals surface area contributed by atoms with E-state index < -0.39 is 0 Å². The van der Waals surface area contributed by atoms with E-state index in [9.17, 15) is 0 Å². The molecule has 15 heavy (non-hydrogen) atoms. The predicted octanol–water partition coefficient (Wildman–Crippen LogP) is 1.62. The number of pyridine rings is 1. The van der Waals surface area contributed by atoms with E-state index in [0.717, 1.165) is 25.1 Å². The second kappa shape index (κ2) is 6.53. The first-order valence-electron chi connectivity index (χ1n) is 5.38. The lowest BCUT2D eigenvalue weighted by molar-refractivity contribution is 0.174. The van der Waals surface area contributed by atoms with Gasteiger partial charge in [0.05, 0.1) is 0 Å². The van der Waals surface area contributed by atoms with Gasteiger partial charge in [0, 0.05) is 38.1 Å². The lowest BCUT2D eigenvalue weighted by atomic mass is 9.95. The van der Waals surface area contributed by atoms with Gasteiger partial charge in [0.1, 0.15) is 0 Å². The summed E-state index contributed by atoms with van der Waals surface area (Å²) in [5, 5.41) is 0. The molecule has 0 aliphatic carbocycles. The monoisotopic (exact) mass is 208 g/mol. The third-order valence-corrected chi connectivity index (χ3v) is 2.68. The van der Waals surface area contributed by atoms with Crippen molar-refractivity contribution >= 4 is 0 Å². The average molecular weight is 208 g/mol. The zero-order chi connectivity index (χ0) is 11.1. The highest BCUT2D eigenvalue weighted by Gasteiger charge is 2.13. The third kappa shape index (κ3) is 4.40. The van der Waals surface area contributed by atoms with E-state index in [2.05, 4.69) is 11.9 Å². The van der Waals surface area contributed by atoms with Gasteiger partial charge in [0.2, 0.25) is 0 Å². The topological polar surface area (TPSA) is 48.1 Å². The van der Waals surface area contributed by atoms with Gasteiger partial charge in [-0.05, 0) is 24.5 Å². The minimum Gasteiger partial charge on any atom is -0.385 e. The van der Waals surface area contributed by atoms with E-state index in [0.29, 0.717) is 5.92 Å². The van der Waals surface area contributed by atoms with Gasteiger partial charge in [-0.15, -0.1) is 0 Å². The minimum absolute atomic E-state index is 0.162. The number of nitrogens with two attached hydrogens (primary N) is 1. The zero-order valence-corrected chi connectivity index (χ0v) is 9.52. The molecule has 1 rings (SSSR count). The Morgan fingerprint density at radius 3 is 2.87 bits per heavy atom. The van der Waals surface area contributed by atoms with Gasteiger partial charge in [0.15, 0.2) is 0 Å². The molecule has 0 bridgehead atoms. The molecule has 84 valence electrons. The second-order valence-electron chi connectivity index (χ2n) is 3.95. The van der Waals surface area contributed by atoms with Gasteiger partial charge < -0.3 is 10.5 Å². The van der Waals surface area contributed by atoms with Crippen LogP contribution in [-0.4, -0.2) is 24.7 Å². The smallest absolute Gasteiger partial charge is 0.0465 e. The number of nitrogens with zero attached hydrogens (tertiary/aromatic N) is 1. The molecule has 0 radical (unpaired) electrons. The first-order chi connectivity index (χ1) is 7.24. The van der Waals surface area contributed by atoms with Crippen LogP contribution in [0.3, 0.4) is 0 Å². The highest BCUT2D eigenvalue weighted by atomic mass is 16.5. The molecule has 0 aliphatic rings. The maximum atomic E-state index is 6.09. The number of rotatable bonds is 6. The summed E-state index contributed by atoms with van der Waals surface area (Å²) < 4.78 is 5.04. The predicted molar refractivity (Wildman–Crippen MR) is 61.6 cm³/mol. The average Bonchev–Trinajstić information content (AvgIpc) is 2.27. The summed E-state index contributed by atoms with van der Waals surface area (Å²) in [5.74, 6) is 0.465. The minimum atomic E-state index is 0.162. The maximum Gasteiger partial charge on any atom is 0.0465 e. The van der Waals surface area contributed by atoms with E-state index >= 15 is 0 Å². The maximum absolute atomic E-state index is 6.09. The molecule has 2 atom stereocenters. The largest absolute Gasteiger partial charge is 0.385 e. The van der Waals surface area contributed by atoms with Crippen molar-refractivity contribution in [2.45, 2.75) is 25.8 Å². The van der Waals surface area contributed by atoms with Crippen molar-refractivity contribution in [2.75, 3.05) is 13.7 Å². The van der Waals surface area contributed by atoms with Gasteiger partial charge in [-0.25, -0.2) is 0 Å². The molecule has 1 aromatic heterocycles. The quantitative estimate of drug-likeness (QED) is 0.773. The Labute approximate surface area is 91.7 Å². The van der Waals surface area contributed by atoms with Crippen LogP contribution >= 0.6 is 0 Å². The summed E-state index contributed by atoms with van der Waals surface area (Å²) >= 11 is 0. The van der Waals surface area contributed by atoms with E-state index in [4.69, 9.17) is 10.5 Å². The van der Waals surface area contributed by atoms with Crippen LogP contribution in [0.4, 0.5) is 0 Å². The fourth-order valence-corrected chi connectivity index (χ4v) is 1.48. The van der Waals surface area contributed by atoms with Gasteiger partial charge >= 0.3 is 0 Å². The summed E-state index contributed by atoms with van der Waals surface area (Å²) in [6, 6.07) is 6.09. The molecule has 0 spiro atoms. The lowest BCUT2D eigenvalue weighted by Gasteiger charge is -2.19. The molecule has 0 aliphatic heterocycles. The number of aromatic nitrogens is 1. The summed E-state index contributed by atoms with van der Waals surface area (Å²) in [7, 11) is 1.72. The van der Waals surface area contributed by atoms with E-state index in [1.165, 1.54) is 0 Å². The SMILES string of the molecule is COCCC(C)C(N)Cc1ccccn1. The van der Waals surface area contributed by atoms with Crippen molar-refractivity contribution in [1.82, 2.24) is 4.98 Å². The Morgan fingerprint density at radius 1 is 1.47 bits per heavy atom. The molecule has 3 heteroatoms. The Balaban J connectivity index is 2.38. The molecule has 1 heterocycles. The number of ether oxygens (including phenoxy) is 1. The van der Waals surface area contributed by atoms with Crippen LogP contribution < -0.4 is 5.73 Å². The third-order valence-electron chi connectivity index (χ3n) is 2.68. The van der Waals surface area contributed by atoms with Gasteiger partial charge in [0.25, 0.3) is 0 Å². The van der Waals surface area contributed by atoms with Crippen molar-refractivity contribution in [3.05, 3.63) is 30.1 Å². The second-order valence-corrected chi connectivity index (χ2v) is 3.95. The van der Waals surface area contributed by atoms with E-state index in [1.807, 2.05) is 24.4 Å². The Hall–Kier alpha value is -0.930. The molecule has 0 fully saturated rings. The van der Waals surface area contributed by atoms with Crippen LogP contribution in [0.5, 0.6) is 0 Å². The Kier molecular flexibility index (Phi) is 5.29. The van der Waals surface area contributed by atoms with E-state index in [-0.39, 0.29) is 6.04 Å². The summed E-state index contributed by atoms with van der Waals surface area (Å²) in [5.41, 5.74) is 7.16.